The molecule has 0 spiro atoms. The minimum atomic E-state index is 0.530. The summed E-state index contributed by atoms with van der Waals surface area (Å²) in [5, 5.41) is 0. The van der Waals surface area contributed by atoms with Crippen molar-refractivity contribution in [3.05, 3.63) is 0 Å². The largest absolute Gasteiger partial charge is 0.271 e. The molecule has 2 nitrogen and oxygen atoms in total. The van der Waals surface area contributed by atoms with Gasteiger partial charge in [0.15, 0.2) is 0 Å². The highest BCUT2D eigenvalue weighted by molar-refractivity contribution is 4.63. The van der Waals surface area contributed by atoms with Crippen molar-refractivity contribution in [2.24, 2.45) is 11.8 Å². The van der Waals surface area contributed by atoms with Crippen molar-refractivity contribution in [2.75, 3.05) is 0 Å². The van der Waals surface area contributed by atoms with Crippen molar-refractivity contribution in [3.8, 4) is 0 Å². The van der Waals surface area contributed by atoms with E-state index in [0.717, 1.165) is 5.92 Å². The maximum absolute atomic E-state index is 5.40. The minimum absolute atomic E-state index is 0.530. The molecule has 0 bridgehead atoms. The van der Waals surface area contributed by atoms with Crippen LogP contribution in [0, 0.1) is 5.92 Å². The molecule has 2 heteroatoms. The molecule has 1 unspecified atom stereocenters. The summed E-state index contributed by atoms with van der Waals surface area (Å²) in [6.07, 6.45) is 4.90. The Balaban J connectivity index is 3.35. The molecule has 0 aromatic rings. The van der Waals surface area contributed by atoms with E-state index >= 15 is 0 Å². The molecule has 0 aliphatic rings. The standard InChI is InChI=1S/C9H22N2/c1-4-5-9(11-10)7-6-8(2)3/h8-9,11H,4-7,10H2,1-3H3. The number of rotatable bonds is 6. The van der Waals surface area contributed by atoms with Crippen LogP contribution in [0.25, 0.3) is 0 Å². The van der Waals surface area contributed by atoms with Gasteiger partial charge in [-0.2, -0.15) is 0 Å². The van der Waals surface area contributed by atoms with E-state index in [1.54, 1.807) is 0 Å². The molecule has 0 radical (unpaired) electrons. The van der Waals surface area contributed by atoms with Crippen LogP contribution in [-0.4, -0.2) is 6.04 Å². The second-order valence-corrected chi connectivity index (χ2v) is 3.62. The van der Waals surface area contributed by atoms with Gasteiger partial charge >= 0.3 is 0 Å². The van der Waals surface area contributed by atoms with Gasteiger partial charge in [-0.05, 0) is 25.2 Å². The van der Waals surface area contributed by atoms with Gasteiger partial charge in [0.05, 0.1) is 0 Å². The predicted octanol–water partition coefficient (Wildman–Crippen LogP) is 2.05. The van der Waals surface area contributed by atoms with Crippen LogP contribution in [0.15, 0.2) is 0 Å². The van der Waals surface area contributed by atoms with Gasteiger partial charge in [-0.1, -0.05) is 27.2 Å². The van der Waals surface area contributed by atoms with Crippen molar-refractivity contribution >= 4 is 0 Å². The molecule has 0 aliphatic heterocycles. The van der Waals surface area contributed by atoms with Gasteiger partial charge in [0.25, 0.3) is 0 Å². The van der Waals surface area contributed by atoms with E-state index in [0.29, 0.717) is 6.04 Å². The van der Waals surface area contributed by atoms with Crippen molar-refractivity contribution in [1.82, 2.24) is 5.43 Å². The number of hydrazine groups is 1. The number of hydrogen-bond acceptors (Lipinski definition) is 2. The lowest BCUT2D eigenvalue weighted by molar-refractivity contribution is 0.414. The Kier molecular flexibility index (Phi) is 6.57. The lowest BCUT2D eigenvalue weighted by Crippen LogP contribution is -2.35. The molecule has 0 saturated carbocycles. The molecule has 3 N–H and O–H groups in total. The summed E-state index contributed by atoms with van der Waals surface area (Å²) in [5.74, 6) is 6.19. The molecular weight excluding hydrogens is 136 g/mol. The zero-order valence-electron chi connectivity index (χ0n) is 8.06. The van der Waals surface area contributed by atoms with E-state index in [2.05, 4.69) is 26.2 Å². The van der Waals surface area contributed by atoms with Gasteiger partial charge in [-0.15, -0.1) is 0 Å². The van der Waals surface area contributed by atoms with Crippen molar-refractivity contribution < 1.29 is 0 Å². The van der Waals surface area contributed by atoms with Gasteiger partial charge in [-0.3, -0.25) is 11.3 Å². The van der Waals surface area contributed by atoms with Gasteiger partial charge in [0, 0.05) is 6.04 Å². The van der Waals surface area contributed by atoms with Gasteiger partial charge in [0.2, 0.25) is 0 Å². The van der Waals surface area contributed by atoms with Crippen molar-refractivity contribution in [1.29, 1.82) is 0 Å². The first-order valence-corrected chi connectivity index (χ1v) is 4.66. The Morgan fingerprint density at radius 3 is 2.18 bits per heavy atom. The van der Waals surface area contributed by atoms with Crippen molar-refractivity contribution in [2.45, 2.75) is 52.5 Å². The van der Waals surface area contributed by atoms with E-state index in [-0.39, 0.29) is 0 Å². The molecule has 0 aromatic heterocycles. The molecule has 1 atom stereocenters. The Morgan fingerprint density at radius 1 is 1.18 bits per heavy atom. The first-order valence-electron chi connectivity index (χ1n) is 4.66. The topological polar surface area (TPSA) is 38.0 Å². The van der Waals surface area contributed by atoms with E-state index in [1.165, 1.54) is 25.7 Å². The van der Waals surface area contributed by atoms with Crippen LogP contribution >= 0.6 is 0 Å². The molecule has 0 amide bonds. The van der Waals surface area contributed by atoms with Crippen LogP contribution in [0.2, 0.25) is 0 Å². The molecular formula is C9H22N2. The minimum Gasteiger partial charge on any atom is -0.271 e. The lowest BCUT2D eigenvalue weighted by Gasteiger charge is -2.15. The first-order chi connectivity index (χ1) is 5.20. The second kappa shape index (κ2) is 6.62. The van der Waals surface area contributed by atoms with E-state index in [4.69, 9.17) is 5.84 Å². The molecule has 0 heterocycles. The average Bonchev–Trinajstić information content (AvgIpc) is 1.97. The summed E-state index contributed by atoms with van der Waals surface area (Å²) in [7, 11) is 0. The Morgan fingerprint density at radius 2 is 1.82 bits per heavy atom. The summed E-state index contributed by atoms with van der Waals surface area (Å²) in [6.45, 7) is 6.69. The van der Waals surface area contributed by atoms with Crippen LogP contribution < -0.4 is 11.3 Å². The predicted molar refractivity (Wildman–Crippen MR) is 50.1 cm³/mol. The monoisotopic (exact) mass is 158 g/mol. The average molecular weight is 158 g/mol. The van der Waals surface area contributed by atoms with Crippen LogP contribution in [0.3, 0.4) is 0 Å². The normalized spacial score (nSPS) is 13.9. The van der Waals surface area contributed by atoms with Gasteiger partial charge < -0.3 is 0 Å². The number of nitrogens with two attached hydrogens (primary N) is 1. The molecule has 0 fully saturated rings. The summed E-state index contributed by atoms with van der Waals surface area (Å²) >= 11 is 0. The summed E-state index contributed by atoms with van der Waals surface area (Å²) in [6, 6.07) is 0.530. The fourth-order valence-electron chi connectivity index (χ4n) is 1.19. The zero-order valence-corrected chi connectivity index (χ0v) is 8.06. The van der Waals surface area contributed by atoms with Crippen molar-refractivity contribution in [3.63, 3.8) is 0 Å². The fourth-order valence-corrected chi connectivity index (χ4v) is 1.19. The van der Waals surface area contributed by atoms with E-state index in [1.807, 2.05) is 0 Å². The van der Waals surface area contributed by atoms with Crippen LogP contribution in [-0.2, 0) is 0 Å². The third-order valence-corrected chi connectivity index (χ3v) is 1.97. The SMILES string of the molecule is CCCC(CCC(C)C)NN. The molecule has 0 aromatic carbocycles. The third-order valence-electron chi connectivity index (χ3n) is 1.97. The van der Waals surface area contributed by atoms with Gasteiger partial charge in [0.1, 0.15) is 0 Å². The summed E-state index contributed by atoms with van der Waals surface area (Å²) in [5.41, 5.74) is 2.86. The molecule has 11 heavy (non-hydrogen) atoms. The van der Waals surface area contributed by atoms with Crippen LogP contribution in [0.5, 0.6) is 0 Å². The molecule has 68 valence electrons. The Labute approximate surface area is 70.5 Å². The van der Waals surface area contributed by atoms with Crippen LogP contribution in [0.1, 0.15) is 46.5 Å². The fraction of sp³-hybridized carbons (Fsp3) is 1.00. The lowest BCUT2D eigenvalue weighted by atomic mass is 10.0. The molecule has 0 aliphatic carbocycles. The quantitative estimate of drug-likeness (QED) is 0.458. The third kappa shape index (κ3) is 6.32. The Bertz CT molecular complexity index is 81.6. The highest BCUT2D eigenvalue weighted by Crippen LogP contribution is 2.09. The highest BCUT2D eigenvalue weighted by Gasteiger charge is 2.05. The summed E-state index contributed by atoms with van der Waals surface area (Å²) < 4.78 is 0. The Hall–Kier alpha value is -0.0800. The summed E-state index contributed by atoms with van der Waals surface area (Å²) in [4.78, 5) is 0. The van der Waals surface area contributed by atoms with Crippen LogP contribution in [0.4, 0.5) is 0 Å². The number of nitrogens with one attached hydrogen (secondary N) is 1. The van der Waals surface area contributed by atoms with Gasteiger partial charge in [-0.25, -0.2) is 0 Å². The van der Waals surface area contributed by atoms with E-state index in [9.17, 15) is 0 Å². The maximum atomic E-state index is 5.40. The zero-order chi connectivity index (χ0) is 8.69. The second-order valence-electron chi connectivity index (χ2n) is 3.62. The first kappa shape index (κ1) is 10.9. The molecule has 0 rings (SSSR count). The highest BCUT2D eigenvalue weighted by atomic mass is 15.2. The molecule has 0 saturated heterocycles. The smallest absolute Gasteiger partial charge is 0.0210 e. The number of hydrogen-bond donors (Lipinski definition) is 2. The van der Waals surface area contributed by atoms with E-state index < -0.39 is 0 Å². The maximum Gasteiger partial charge on any atom is 0.0210 e.